The van der Waals surface area contributed by atoms with Crippen LogP contribution in [0.3, 0.4) is 0 Å². The number of fused-ring (bicyclic) bond motifs is 2. The molecular formula is C34H52N4O3. The van der Waals surface area contributed by atoms with E-state index in [1.807, 2.05) is 0 Å². The molecule has 41 heavy (non-hydrogen) atoms. The Morgan fingerprint density at radius 3 is 2.34 bits per heavy atom. The maximum atomic E-state index is 13.8. The molecule has 1 spiro atoms. The molecule has 5 aliphatic heterocycles. The second-order valence-corrected chi connectivity index (χ2v) is 15.4. The second kappa shape index (κ2) is 11.2. The van der Waals surface area contributed by atoms with Crippen LogP contribution in [0.5, 0.6) is 0 Å². The van der Waals surface area contributed by atoms with Crippen molar-refractivity contribution in [2.75, 3.05) is 45.9 Å². The maximum absolute atomic E-state index is 13.8. The molecule has 1 aromatic rings. The molecule has 5 heterocycles. The lowest BCUT2D eigenvalue weighted by Gasteiger charge is -2.50. The predicted octanol–water partition coefficient (Wildman–Crippen LogP) is 5.21. The first-order valence-electron chi connectivity index (χ1n) is 16.3. The zero-order valence-corrected chi connectivity index (χ0v) is 26.1. The van der Waals surface area contributed by atoms with Gasteiger partial charge in [0.15, 0.2) is 0 Å². The lowest BCUT2D eigenvalue weighted by Crippen LogP contribution is -2.60. The summed E-state index contributed by atoms with van der Waals surface area (Å²) in [5.74, 6) is 1.58. The highest BCUT2D eigenvalue weighted by Gasteiger charge is 2.58. The van der Waals surface area contributed by atoms with Crippen LogP contribution in [0.25, 0.3) is 0 Å². The van der Waals surface area contributed by atoms with Crippen molar-refractivity contribution in [1.82, 2.24) is 19.6 Å². The van der Waals surface area contributed by atoms with Crippen LogP contribution in [0.1, 0.15) is 84.6 Å². The van der Waals surface area contributed by atoms with Crippen molar-refractivity contribution in [2.24, 2.45) is 17.3 Å². The highest BCUT2D eigenvalue weighted by atomic mass is 16.5. The summed E-state index contributed by atoms with van der Waals surface area (Å²) in [4.78, 5) is 36.5. The summed E-state index contributed by atoms with van der Waals surface area (Å²) in [7, 11) is 0. The molecule has 0 aromatic heterocycles. The Morgan fingerprint density at radius 1 is 1.02 bits per heavy atom. The summed E-state index contributed by atoms with van der Waals surface area (Å²) in [5, 5.41) is 0. The van der Waals surface area contributed by atoms with Gasteiger partial charge in [-0.2, -0.15) is 0 Å². The van der Waals surface area contributed by atoms with Crippen molar-refractivity contribution in [3.05, 3.63) is 35.9 Å². The average Bonchev–Trinajstić information content (AvgIpc) is 3.67. The molecule has 0 aliphatic carbocycles. The van der Waals surface area contributed by atoms with E-state index >= 15 is 0 Å². The van der Waals surface area contributed by atoms with E-state index in [-0.39, 0.29) is 23.0 Å². The number of carbonyl (C=O) groups excluding carboxylic acids is 2. The molecule has 5 aliphatic rings. The first kappa shape index (κ1) is 29.0. The third-order valence-electron chi connectivity index (χ3n) is 10.6. The summed E-state index contributed by atoms with van der Waals surface area (Å²) in [6.45, 7) is 16.9. The Kier molecular flexibility index (Phi) is 7.90. The zero-order valence-electron chi connectivity index (χ0n) is 26.1. The van der Waals surface area contributed by atoms with Crippen LogP contribution < -0.4 is 0 Å². The zero-order chi connectivity index (χ0) is 28.9. The van der Waals surface area contributed by atoms with Gasteiger partial charge in [-0.3, -0.25) is 9.69 Å². The summed E-state index contributed by atoms with van der Waals surface area (Å²) in [5.41, 5.74) is 1.30. The SMILES string of the molecule is CC(C)N1C(=O)N(CC2CCOC2)CC12CC1CCC(C2)N1C[C@H]1CN(C(=O)CC(C)(C)C)CC1c1ccccc1. The van der Waals surface area contributed by atoms with E-state index in [4.69, 9.17) is 4.74 Å². The van der Waals surface area contributed by atoms with E-state index in [0.717, 1.165) is 65.2 Å². The lowest BCUT2D eigenvalue weighted by molar-refractivity contribution is -0.132. The Morgan fingerprint density at radius 2 is 1.73 bits per heavy atom. The van der Waals surface area contributed by atoms with E-state index in [2.05, 4.69) is 84.6 Å². The Bertz CT molecular complexity index is 1080. The molecule has 7 heteroatoms. The van der Waals surface area contributed by atoms with Crippen molar-refractivity contribution in [3.63, 3.8) is 0 Å². The smallest absolute Gasteiger partial charge is 0.320 e. The van der Waals surface area contributed by atoms with E-state index in [1.165, 1.54) is 18.4 Å². The summed E-state index contributed by atoms with van der Waals surface area (Å²) < 4.78 is 5.64. The summed E-state index contributed by atoms with van der Waals surface area (Å²) >= 11 is 0. The molecule has 5 fully saturated rings. The first-order valence-corrected chi connectivity index (χ1v) is 16.3. The molecule has 2 bridgehead atoms. The molecule has 1 aromatic carbocycles. The van der Waals surface area contributed by atoms with Gasteiger partial charge in [-0.1, -0.05) is 51.1 Å². The predicted molar refractivity (Wildman–Crippen MR) is 162 cm³/mol. The Labute approximate surface area is 247 Å². The monoisotopic (exact) mass is 564 g/mol. The normalized spacial score (nSPS) is 34.1. The van der Waals surface area contributed by atoms with Crippen LogP contribution in [0.15, 0.2) is 30.3 Å². The quantitative estimate of drug-likeness (QED) is 0.456. The van der Waals surface area contributed by atoms with Crippen LogP contribution >= 0.6 is 0 Å². The largest absolute Gasteiger partial charge is 0.381 e. The number of carbonyl (C=O) groups is 2. The summed E-state index contributed by atoms with van der Waals surface area (Å²) in [6, 6.07) is 12.3. The molecule has 4 unspecified atom stereocenters. The van der Waals surface area contributed by atoms with E-state index in [0.29, 0.717) is 42.2 Å². The number of ether oxygens (including phenoxy) is 1. The molecule has 0 saturated carbocycles. The van der Waals surface area contributed by atoms with Gasteiger partial charge in [-0.15, -0.1) is 0 Å². The Balaban J connectivity index is 1.19. The molecule has 5 saturated heterocycles. The highest BCUT2D eigenvalue weighted by molar-refractivity contribution is 5.79. The molecule has 3 amide bonds. The number of piperidine rings is 1. The lowest BCUT2D eigenvalue weighted by atomic mass is 9.80. The van der Waals surface area contributed by atoms with Gasteiger partial charge in [0.25, 0.3) is 0 Å². The van der Waals surface area contributed by atoms with Gasteiger partial charge in [0.1, 0.15) is 0 Å². The molecule has 7 nitrogen and oxygen atoms in total. The fourth-order valence-electron chi connectivity index (χ4n) is 9.02. The Hall–Kier alpha value is -2.12. The van der Waals surface area contributed by atoms with Gasteiger partial charge >= 0.3 is 6.03 Å². The van der Waals surface area contributed by atoms with E-state index in [1.54, 1.807) is 0 Å². The highest BCUT2D eigenvalue weighted by Crippen LogP contribution is 2.49. The van der Waals surface area contributed by atoms with Crippen LogP contribution in [-0.2, 0) is 9.53 Å². The third-order valence-corrected chi connectivity index (χ3v) is 10.6. The third kappa shape index (κ3) is 5.78. The summed E-state index contributed by atoms with van der Waals surface area (Å²) in [6.07, 6.45) is 6.25. The van der Waals surface area contributed by atoms with E-state index < -0.39 is 0 Å². The molecule has 0 N–H and O–H groups in total. The number of urea groups is 1. The van der Waals surface area contributed by atoms with Gasteiger partial charge in [-0.05, 0) is 62.8 Å². The maximum Gasteiger partial charge on any atom is 0.320 e. The number of rotatable bonds is 7. The standard InChI is InChI=1S/C34H52N4O3/c1-24(2)38-32(40)36(18-25-13-14-41-22-25)23-34(38)15-28-11-12-29(16-34)37(28)20-27-19-35(31(39)17-33(3,4)5)21-30(27)26-9-7-6-8-10-26/h6-10,24-25,27-30H,11-23H2,1-5H3/t25?,27-,28?,29?,30?,34?/m1/s1. The van der Waals surface area contributed by atoms with Crippen molar-refractivity contribution < 1.29 is 14.3 Å². The molecular weight excluding hydrogens is 512 g/mol. The minimum atomic E-state index is -0.0593. The minimum absolute atomic E-state index is 0.00259. The molecule has 6 rings (SSSR count). The first-order chi connectivity index (χ1) is 19.5. The van der Waals surface area contributed by atoms with Gasteiger partial charge in [0.2, 0.25) is 5.91 Å². The van der Waals surface area contributed by atoms with Gasteiger partial charge < -0.3 is 19.4 Å². The number of nitrogens with zero attached hydrogens (tertiary/aromatic N) is 4. The molecule has 0 radical (unpaired) electrons. The minimum Gasteiger partial charge on any atom is -0.381 e. The average molecular weight is 565 g/mol. The van der Waals surface area contributed by atoms with Gasteiger partial charge in [-0.25, -0.2) is 4.79 Å². The van der Waals surface area contributed by atoms with Crippen molar-refractivity contribution in [1.29, 1.82) is 0 Å². The van der Waals surface area contributed by atoms with Crippen LogP contribution in [-0.4, -0.2) is 101 Å². The number of hydrogen-bond donors (Lipinski definition) is 0. The number of benzene rings is 1. The van der Waals surface area contributed by atoms with Crippen LogP contribution in [0.4, 0.5) is 4.79 Å². The van der Waals surface area contributed by atoms with Crippen molar-refractivity contribution in [2.45, 2.75) is 103 Å². The van der Waals surface area contributed by atoms with Gasteiger partial charge in [0.05, 0.1) is 12.1 Å². The number of amides is 3. The fraction of sp³-hybridized carbons (Fsp3) is 0.765. The van der Waals surface area contributed by atoms with E-state index in [9.17, 15) is 9.59 Å². The topological polar surface area (TPSA) is 56.3 Å². The second-order valence-electron chi connectivity index (χ2n) is 15.4. The number of likely N-dealkylation sites (tertiary alicyclic amines) is 1. The van der Waals surface area contributed by atoms with Crippen molar-refractivity contribution >= 4 is 11.9 Å². The number of hydrogen-bond acceptors (Lipinski definition) is 4. The van der Waals surface area contributed by atoms with Crippen molar-refractivity contribution in [3.8, 4) is 0 Å². The van der Waals surface area contributed by atoms with Gasteiger partial charge in [0, 0.05) is 75.7 Å². The molecule has 5 atom stereocenters. The fourth-order valence-corrected chi connectivity index (χ4v) is 9.02. The molecule has 226 valence electrons. The van der Waals surface area contributed by atoms with Crippen LogP contribution in [0, 0.1) is 17.3 Å². The van der Waals surface area contributed by atoms with Crippen LogP contribution in [0.2, 0.25) is 0 Å².